The van der Waals surface area contributed by atoms with E-state index < -0.39 is 0 Å². The SMILES string of the molecule is NCCCCCCCCCCc1cccc(-c2nncn2C2CC2)c1. The summed E-state index contributed by atoms with van der Waals surface area (Å²) in [7, 11) is 0. The Hall–Kier alpha value is -1.68. The molecule has 1 heterocycles. The molecule has 2 N–H and O–H groups in total. The molecule has 1 aliphatic carbocycles. The van der Waals surface area contributed by atoms with Gasteiger partial charge in [-0.1, -0.05) is 56.7 Å². The summed E-state index contributed by atoms with van der Waals surface area (Å²) in [5.74, 6) is 1.03. The van der Waals surface area contributed by atoms with Crippen LogP contribution in [0.2, 0.25) is 0 Å². The van der Waals surface area contributed by atoms with E-state index in [1.54, 1.807) is 0 Å². The van der Waals surface area contributed by atoms with Crippen LogP contribution in [0.5, 0.6) is 0 Å². The number of aryl methyl sites for hydroxylation is 1. The van der Waals surface area contributed by atoms with Gasteiger partial charge in [-0.05, 0) is 50.3 Å². The largest absolute Gasteiger partial charge is 0.330 e. The van der Waals surface area contributed by atoms with Crippen molar-refractivity contribution in [2.24, 2.45) is 5.73 Å². The molecule has 0 aliphatic heterocycles. The van der Waals surface area contributed by atoms with Gasteiger partial charge in [-0.25, -0.2) is 0 Å². The first-order chi connectivity index (χ1) is 12.4. The van der Waals surface area contributed by atoms with Crippen molar-refractivity contribution in [3.05, 3.63) is 36.2 Å². The normalized spacial score (nSPS) is 14.1. The Labute approximate surface area is 151 Å². The van der Waals surface area contributed by atoms with Crippen LogP contribution in [0, 0.1) is 0 Å². The standard InChI is InChI=1S/C21H32N4/c22-15-8-6-4-2-1-3-5-7-10-18-11-9-12-19(16-18)21-24-23-17-25(21)20-13-14-20/h9,11-12,16-17,20H,1-8,10,13-15,22H2. The first-order valence-corrected chi connectivity index (χ1v) is 10.1. The molecule has 1 saturated carbocycles. The first-order valence-electron chi connectivity index (χ1n) is 10.1. The summed E-state index contributed by atoms with van der Waals surface area (Å²) in [4.78, 5) is 0. The molecule has 0 amide bonds. The smallest absolute Gasteiger partial charge is 0.164 e. The minimum absolute atomic E-state index is 0.624. The highest BCUT2D eigenvalue weighted by molar-refractivity contribution is 5.56. The highest BCUT2D eigenvalue weighted by atomic mass is 15.3. The van der Waals surface area contributed by atoms with Crippen LogP contribution >= 0.6 is 0 Å². The minimum Gasteiger partial charge on any atom is -0.330 e. The number of nitrogens with zero attached hydrogens (tertiary/aromatic N) is 3. The van der Waals surface area contributed by atoms with Gasteiger partial charge in [0.2, 0.25) is 0 Å². The molecule has 1 aromatic carbocycles. The molecule has 0 atom stereocenters. The number of nitrogens with two attached hydrogens (primary N) is 1. The minimum atomic E-state index is 0.624. The third-order valence-electron chi connectivity index (χ3n) is 5.12. The van der Waals surface area contributed by atoms with Crippen molar-refractivity contribution in [2.75, 3.05) is 6.54 Å². The van der Waals surface area contributed by atoms with Crippen molar-refractivity contribution in [2.45, 2.75) is 76.7 Å². The number of rotatable bonds is 12. The number of aromatic nitrogens is 3. The van der Waals surface area contributed by atoms with Crippen molar-refractivity contribution in [3.8, 4) is 11.4 Å². The van der Waals surface area contributed by atoms with Crippen LogP contribution in [0.1, 0.15) is 75.8 Å². The maximum absolute atomic E-state index is 5.52. The summed E-state index contributed by atoms with van der Waals surface area (Å²) in [6.07, 6.45) is 16.1. The molecular formula is C21H32N4. The molecular weight excluding hydrogens is 308 g/mol. The lowest BCUT2D eigenvalue weighted by Gasteiger charge is -2.07. The highest BCUT2D eigenvalue weighted by Crippen LogP contribution is 2.37. The van der Waals surface area contributed by atoms with Gasteiger partial charge in [0.1, 0.15) is 6.33 Å². The second kappa shape index (κ2) is 9.71. The Morgan fingerprint density at radius 3 is 2.40 bits per heavy atom. The Morgan fingerprint density at radius 2 is 1.68 bits per heavy atom. The quantitative estimate of drug-likeness (QED) is 0.559. The van der Waals surface area contributed by atoms with Gasteiger partial charge in [0.15, 0.2) is 5.82 Å². The summed E-state index contributed by atoms with van der Waals surface area (Å²) in [5, 5.41) is 8.46. The summed E-state index contributed by atoms with van der Waals surface area (Å²) in [6, 6.07) is 9.49. The van der Waals surface area contributed by atoms with Gasteiger partial charge in [0, 0.05) is 11.6 Å². The van der Waals surface area contributed by atoms with Gasteiger partial charge >= 0.3 is 0 Å². The number of unbranched alkanes of at least 4 members (excludes halogenated alkanes) is 7. The van der Waals surface area contributed by atoms with Crippen molar-refractivity contribution < 1.29 is 0 Å². The number of benzene rings is 1. The molecule has 1 aromatic heterocycles. The van der Waals surface area contributed by atoms with Crippen LogP contribution in [0.3, 0.4) is 0 Å². The van der Waals surface area contributed by atoms with Gasteiger partial charge in [-0.15, -0.1) is 10.2 Å². The topological polar surface area (TPSA) is 56.7 Å². The van der Waals surface area contributed by atoms with E-state index in [4.69, 9.17) is 5.73 Å². The van der Waals surface area contributed by atoms with E-state index in [0.29, 0.717) is 6.04 Å². The van der Waals surface area contributed by atoms with Crippen LogP contribution in [-0.4, -0.2) is 21.3 Å². The number of hydrogen-bond donors (Lipinski definition) is 1. The van der Waals surface area contributed by atoms with Crippen molar-refractivity contribution in [1.29, 1.82) is 0 Å². The third-order valence-corrected chi connectivity index (χ3v) is 5.12. The van der Waals surface area contributed by atoms with Gasteiger partial charge in [-0.2, -0.15) is 0 Å². The molecule has 4 nitrogen and oxygen atoms in total. The molecule has 0 bridgehead atoms. The monoisotopic (exact) mass is 340 g/mol. The second-order valence-corrected chi connectivity index (χ2v) is 7.36. The second-order valence-electron chi connectivity index (χ2n) is 7.36. The average Bonchev–Trinajstić information content (AvgIpc) is 3.37. The fourth-order valence-corrected chi connectivity index (χ4v) is 3.47. The molecule has 4 heteroatoms. The molecule has 136 valence electrons. The van der Waals surface area contributed by atoms with Crippen LogP contribution in [0.4, 0.5) is 0 Å². The van der Waals surface area contributed by atoms with Crippen molar-refractivity contribution in [1.82, 2.24) is 14.8 Å². The zero-order valence-corrected chi connectivity index (χ0v) is 15.4. The van der Waals surface area contributed by atoms with E-state index >= 15 is 0 Å². The van der Waals surface area contributed by atoms with E-state index in [9.17, 15) is 0 Å². The fourth-order valence-electron chi connectivity index (χ4n) is 3.47. The van der Waals surface area contributed by atoms with E-state index in [0.717, 1.165) is 12.4 Å². The van der Waals surface area contributed by atoms with E-state index in [1.807, 2.05) is 6.33 Å². The van der Waals surface area contributed by atoms with Gasteiger partial charge in [0.05, 0.1) is 0 Å². The van der Waals surface area contributed by atoms with Gasteiger partial charge < -0.3 is 10.3 Å². The summed E-state index contributed by atoms with van der Waals surface area (Å²) in [6.45, 7) is 0.843. The van der Waals surface area contributed by atoms with Gasteiger partial charge in [0.25, 0.3) is 0 Å². The first kappa shape index (κ1) is 18.1. The Balaban J connectivity index is 1.39. The third kappa shape index (κ3) is 5.67. The number of hydrogen-bond acceptors (Lipinski definition) is 3. The van der Waals surface area contributed by atoms with Crippen LogP contribution in [0.25, 0.3) is 11.4 Å². The lowest BCUT2D eigenvalue weighted by atomic mass is 10.0. The predicted octanol–water partition coefficient (Wildman–Crippen LogP) is 4.90. The molecule has 25 heavy (non-hydrogen) atoms. The van der Waals surface area contributed by atoms with Gasteiger partial charge in [-0.3, -0.25) is 0 Å². The zero-order chi connectivity index (χ0) is 17.3. The summed E-state index contributed by atoms with van der Waals surface area (Å²) >= 11 is 0. The molecule has 0 spiro atoms. The maximum atomic E-state index is 5.52. The van der Waals surface area contributed by atoms with Crippen molar-refractivity contribution in [3.63, 3.8) is 0 Å². The summed E-state index contributed by atoms with van der Waals surface area (Å²) < 4.78 is 2.24. The lowest BCUT2D eigenvalue weighted by Crippen LogP contribution is -1.97. The Bertz CT molecular complexity index is 630. The molecule has 1 fully saturated rings. The van der Waals surface area contributed by atoms with Crippen LogP contribution in [0.15, 0.2) is 30.6 Å². The molecule has 3 rings (SSSR count). The Morgan fingerprint density at radius 1 is 0.960 bits per heavy atom. The predicted molar refractivity (Wildman–Crippen MR) is 103 cm³/mol. The summed E-state index contributed by atoms with van der Waals surface area (Å²) in [5.41, 5.74) is 8.16. The maximum Gasteiger partial charge on any atom is 0.164 e. The molecule has 1 aliphatic rings. The molecule has 0 unspecified atom stereocenters. The van der Waals surface area contributed by atoms with E-state index in [2.05, 4.69) is 39.0 Å². The van der Waals surface area contributed by atoms with E-state index in [-0.39, 0.29) is 0 Å². The van der Waals surface area contributed by atoms with Crippen molar-refractivity contribution >= 4 is 0 Å². The Kier molecular flexibility index (Phi) is 7.04. The molecule has 0 radical (unpaired) electrons. The molecule has 0 saturated heterocycles. The molecule has 2 aromatic rings. The average molecular weight is 341 g/mol. The fraction of sp³-hybridized carbons (Fsp3) is 0.619. The lowest BCUT2D eigenvalue weighted by molar-refractivity contribution is 0.570. The zero-order valence-electron chi connectivity index (χ0n) is 15.4. The van der Waals surface area contributed by atoms with Crippen LogP contribution < -0.4 is 5.73 Å². The van der Waals surface area contributed by atoms with E-state index in [1.165, 1.54) is 81.8 Å². The highest BCUT2D eigenvalue weighted by Gasteiger charge is 2.26. The van der Waals surface area contributed by atoms with Crippen LogP contribution in [-0.2, 0) is 6.42 Å².